The second-order valence-electron chi connectivity index (χ2n) is 4.24. The Balaban J connectivity index is 1.70. The van der Waals surface area contributed by atoms with Crippen LogP contribution in [-0.2, 0) is 6.42 Å². The first-order valence-corrected chi connectivity index (χ1v) is 8.51. The Hall–Kier alpha value is -1.88. The molecule has 0 radical (unpaired) electrons. The van der Waals surface area contributed by atoms with Gasteiger partial charge in [-0.05, 0) is 12.1 Å². The summed E-state index contributed by atoms with van der Waals surface area (Å²) in [6.07, 6.45) is 0.476. The van der Waals surface area contributed by atoms with Crippen LogP contribution in [-0.4, -0.2) is 20.9 Å². The zero-order chi connectivity index (χ0) is 15.4. The lowest BCUT2D eigenvalue weighted by atomic mass is 10.2. The first-order valence-electron chi connectivity index (χ1n) is 6.27. The van der Waals surface area contributed by atoms with E-state index in [9.17, 15) is 0 Å². The number of nitriles is 1. The van der Waals surface area contributed by atoms with E-state index >= 15 is 0 Å². The van der Waals surface area contributed by atoms with E-state index in [0.717, 1.165) is 16.3 Å². The molecule has 0 atom stereocenters. The Morgan fingerprint density at radius 2 is 2.09 bits per heavy atom. The van der Waals surface area contributed by atoms with Gasteiger partial charge >= 0.3 is 0 Å². The third kappa shape index (κ3) is 3.65. The Morgan fingerprint density at radius 3 is 2.86 bits per heavy atom. The molecule has 0 saturated heterocycles. The third-order valence-corrected chi connectivity index (χ3v) is 4.56. The van der Waals surface area contributed by atoms with E-state index in [0.29, 0.717) is 28.3 Å². The molecule has 8 heteroatoms. The van der Waals surface area contributed by atoms with E-state index in [1.165, 1.54) is 11.8 Å². The number of hydrogen-bond acceptors (Lipinski definition) is 7. The molecular formula is C14H9ClN4OS2. The van der Waals surface area contributed by atoms with Crippen molar-refractivity contribution in [1.82, 2.24) is 15.2 Å². The molecule has 110 valence electrons. The highest BCUT2D eigenvalue weighted by molar-refractivity contribution is 7.99. The molecule has 0 N–H and O–H groups in total. The molecular weight excluding hydrogens is 340 g/mol. The Morgan fingerprint density at radius 1 is 1.27 bits per heavy atom. The highest BCUT2D eigenvalue weighted by atomic mass is 35.5. The van der Waals surface area contributed by atoms with E-state index in [1.54, 1.807) is 11.3 Å². The number of benzene rings is 1. The zero-order valence-corrected chi connectivity index (χ0v) is 13.6. The highest BCUT2D eigenvalue weighted by Crippen LogP contribution is 2.26. The molecule has 1 aromatic carbocycles. The molecule has 0 fully saturated rings. The van der Waals surface area contributed by atoms with Gasteiger partial charge in [0.15, 0.2) is 0 Å². The summed E-state index contributed by atoms with van der Waals surface area (Å²) in [7, 11) is 0. The standard InChI is InChI=1S/C14H9ClN4OS2/c15-10-3-1-9(2-4-10)13-17-11(8-22-13)7-12-18-19-14(20-12)21-6-5-16/h1-4,8H,6-7H2. The summed E-state index contributed by atoms with van der Waals surface area (Å²) in [4.78, 5) is 4.57. The van der Waals surface area contributed by atoms with Crippen molar-refractivity contribution < 1.29 is 4.42 Å². The fourth-order valence-electron chi connectivity index (χ4n) is 1.73. The van der Waals surface area contributed by atoms with Crippen LogP contribution in [0.4, 0.5) is 0 Å². The van der Waals surface area contributed by atoms with Crippen LogP contribution in [0, 0.1) is 11.3 Å². The van der Waals surface area contributed by atoms with Crippen molar-refractivity contribution in [3.8, 4) is 16.6 Å². The number of rotatable bonds is 5. The van der Waals surface area contributed by atoms with Crippen LogP contribution in [0.1, 0.15) is 11.6 Å². The fraction of sp³-hybridized carbons (Fsp3) is 0.143. The second-order valence-corrected chi connectivity index (χ2v) is 6.46. The van der Waals surface area contributed by atoms with Gasteiger partial charge in [-0.25, -0.2) is 4.98 Å². The molecule has 3 aromatic rings. The molecule has 2 aromatic heterocycles. The van der Waals surface area contributed by atoms with Crippen LogP contribution in [0.3, 0.4) is 0 Å². The van der Waals surface area contributed by atoms with Gasteiger partial charge in [0.05, 0.1) is 23.9 Å². The van der Waals surface area contributed by atoms with Crippen molar-refractivity contribution in [2.75, 3.05) is 5.75 Å². The summed E-state index contributed by atoms with van der Waals surface area (Å²) in [5.74, 6) is 0.785. The third-order valence-electron chi connectivity index (χ3n) is 2.68. The van der Waals surface area contributed by atoms with Crippen molar-refractivity contribution in [1.29, 1.82) is 5.26 Å². The Bertz CT molecular complexity index is 807. The monoisotopic (exact) mass is 348 g/mol. The number of aromatic nitrogens is 3. The van der Waals surface area contributed by atoms with Gasteiger partial charge in [0.2, 0.25) is 5.89 Å². The van der Waals surface area contributed by atoms with E-state index in [1.807, 2.05) is 35.7 Å². The molecule has 5 nitrogen and oxygen atoms in total. The molecule has 22 heavy (non-hydrogen) atoms. The van der Waals surface area contributed by atoms with Crippen LogP contribution >= 0.6 is 34.7 Å². The van der Waals surface area contributed by atoms with Crippen LogP contribution < -0.4 is 0 Å². The topological polar surface area (TPSA) is 75.6 Å². The van der Waals surface area contributed by atoms with Crippen LogP contribution in [0.5, 0.6) is 0 Å². The minimum Gasteiger partial charge on any atom is -0.416 e. The number of thiazole rings is 1. The molecule has 0 amide bonds. The van der Waals surface area contributed by atoms with Gasteiger partial charge in [-0.15, -0.1) is 21.5 Å². The summed E-state index contributed by atoms with van der Waals surface area (Å²) < 4.78 is 5.46. The molecule has 0 spiro atoms. The summed E-state index contributed by atoms with van der Waals surface area (Å²) in [6.45, 7) is 0. The van der Waals surface area contributed by atoms with E-state index in [-0.39, 0.29) is 0 Å². The van der Waals surface area contributed by atoms with Gasteiger partial charge in [0.1, 0.15) is 5.01 Å². The van der Waals surface area contributed by atoms with Crippen molar-refractivity contribution >= 4 is 34.7 Å². The minimum atomic E-state index is 0.291. The first-order chi connectivity index (χ1) is 10.7. The number of nitrogens with zero attached hydrogens (tertiary/aromatic N) is 4. The average molecular weight is 349 g/mol. The lowest BCUT2D eigenvalue weighted by Crippen LogP contribution is -1.88. The summed E-state index contributed by atoms with van der Waals surface area (Å²) in [5, 5.41) is 20.4. The van der Waals surface area contributed by atoms with Crippen LogP contribution in [0.15, 0.2) is 39.3 Å². The molecule has 0 aliphatic carbocycles. The first kappa shape index (κ1) is 15.0. The fourth-order valence-corrected chi connectivity index (χ4v) is 3.12. The molecule has 0 aliphatic rings. The van der Waals surface area contributed by atoms with Gasteiger partial charge in [-0.3, -0.25) is 0 Å². The predicted octanol–water partition coefficient (Wildman–Crippen LogP) is 4.05. The van der Waals surface area contributed by atoms with E-state index < -0.39 is 0 Å². The minimum absolute atomic E-state index is 0.291. The average Bonchev–Trinajstić information content (AvgIpc) is 3.16. The lowest BCUT2D eigenvalue weighted by Gasteiger charge is -1.95. The zero-order valence-electron chi connectivity index (χ0n) is 11.2. The normalized spacial score (nSPS) is 10.5. The highest BCUT2D eigenvalue weighted by Gasteiger charge is 2.11. The van der Waals surface area contributed by atoms with Crippen molar-refractivity contribution in [3.05, 3.63) is 46.3 Å². The van der Waals surface area contributed by atoms with Gasteiger partial charge < -0.3 is 4.42 Å². The largest absolute Gasteiger partial charge is 0.416 e. The van der Waals surface area contributed by atoms with Gasteiger partial charge in [0.25, 0.3) is 5.22 Å². The maximum atomic E-state index is 8.52. The summed E-state index contributed by atoms with van der Waals surface area (Å²) in [6, 6.07) is 9.58. The lowest BCUT2D eigenvalue weighted by molar-refractivity contribution is 0.420. The SMILES string of the molecule is N#CCSc1nnc(Cc2csc(-c3ccc(Cl)cc3)n2)o1. The van der Waals surface area contributed by atoms with Crippen LogP contribution in [0.25, 0.3) is 10.6 Å². The van der Waals surface area contributed by atoms with Crippen molar-refractivity contribution in [2.45, 2.75) is 11.6 Å². The van der Waals surface area contributed by atoms with E-state index in [2.05, 4.69) is 15.2 Å². The Labute approximate surface area is 140 Å². The number of thioether (sulfide) groups is 1. The van der Waals surface area contributed by atoms with Gasteiger partial charge in [0, 0.05) is 16.0 Å². The number of hydrogen-bond donors (Lipinski definition) is 0. The maximum absolute atomic E-state index is 8.52. The molecule has 0 bridgehead atoms. The Kier molecular flexibility index (Phi) is 4.73. The predicted molar refractivity (Wildman–Crippen MR) is 86.0 cm³/mol. The second kappa shape index (κ2) is 6.92. The molecule has 0 saturated carbocycles. The smallest absolute Gasteiger partial charge is 0.277 e. The van der Waals surface area contributed by atoms with Crippen molar-refractivity contribution in [3.63, 3.8) is 0 Å². The molecule has 0 aliphatic heterocycles. The summed E-state index contributed by atoms with van der Waals surface area (Å²) >= 11 is 8.66. The van der Waals surface area contributed by atoms with Crippen molar-refractivity contribution in [2.24, 2.45) is 0 Å². The quantitative estimate of drug-likeness (QED) is 0.647. The van der Waals surface area contributed by atoms with Gasteiger partial charge in [-0.2, -0.15) is 5.26 Å². The summed E-state index contributed by atoms with van der Waals surface area (Å²) in [5.41, 5.74) is 1.90. The van der Waals surface area contributed by atoms with Crippen LogP contribution in [0.2, 0.25) is 5.02 Å². The molecule has 2 heterocycles. The molecule has 3 rings (SSSR count). The van der Waals surface area contributed by atoms with Gasteiger partial charge in [-0.1, -0.05) is 35.5 Å². The number of halogens is 1. The maximum Gasteiger partial charge on any atom is 0.277 e. The van der Waals surface area contributed by atoms with E-state index in [4.69, 9.17) is 21.3 Å². The molecule has 0 unspecified atom stereocenters.